The Morgan fingerprint density at radius 1 is 1.20 bits per heavy atom. The summed E-state index contributed by atoms with van der Waals surface area (Å²) in [6, 6.07) is 8.67. The Morgan fingerprint density at radius 2 is 1.88 bits per heavy atom. The highest BCUT2D eigenvalue weighted by atomic mass is 32.1. The number of amides is 2. The van der Waals surface area contributed by atoms with Crippen LogP contribution in [0.25, 0.3) is 0 Å². The molecule has 1 aliphatic rings. The van der Waals surface area contributed by atoms with Gasteiger partial charge >= 0.3 is 0 Å². The monoisotopic (exact) mass is 356 g/mol. The normalized spacial score (nSPS) is 17.0. The summed E-state index contributed by atoms with van der Waals surface area (Å²) in [5.41, 5.74) is 7.94. The van der Waals surface area contributed by atoms with Crippen molar-refractivity contribution in [2.24, 2.45) is 17.1 Å². The molecule has 0 saturated carbocycles. The van der Waals surface area contributed by atoms with Crippen molar-refractivity contribution in [1.82, 2.24) is 0 Å². The number of aryl methyl sites for hydroxylation is 1. The fourth-order valence-corrected chi connectivity index (χ4v) is 4.39. The van der Waals surface area contributed by atoms with Crippen molar-refractivity contribution < 1.29 is 9.59 Å². The van der Waals surface area contributed by atoms with Crippen LogP contribution in [0.4, 0.5) is 5.69 Å². The smallest absolute Gasteiger partial charge is 0.265 e. The summed E-state index contributed by atoms with van der Waals surface area (Å²) in [6.45, 7) is 6.87. The number of anilines is 1. The molecular formula is C20H24N2O2S. The van der Waals surface area contributed by atoms with E-state index in [9.17, 15) is 9.59 Å². The van der Waals surface area contributed by atoms with Gasteiger partial charge in [-0.25, -0.2) is 0 Å². The second kappa shape index (κ2) is 6.64. The molecule has 0 fully saturated rings. The van der Waals surface area contributed by atoms with E-state index >= 15 is 0 Å². The van der Waals surface area contributed by atoms with Crippen LogP contribution in [0.15, 0.2) is 30.3 Å². The van der Waals surface area contributed by atoms with E-state index in [0.717, 1.165) is 17.7 Å². The van der Waals surface area contributed by atoms with E-state index in [0.29, 0.717) is 22.6 Å². The molecule has 0 saturated heterocycles. The molecule has 5 heteroatoms. The molecular weight excluding hydrogens is 332 g/mol. The SMILES string of the molecule is CC(C)(C)[C@H]1CCc2sc(C(=O)Nc3ccc(C(N)=O)cc3)cc2C1. The van der Waals surface area contributed by atoms with E-state index in [1.54, 1.807) is 35.6 Å². The third-order valence-corrected chi connectivity index (χ3v) is 6.19. The van der Waals surface area contributed by atoms with Crippen molar-refractivity contribution in [2.45, 2.75) is 40.0 Å². The van der Waals surface area contributed by atoms with Crippen molar-refractivity contribution in [2.75, 3.05) is 5.32 Å². The first kappa shape index (κ1) is 17.7. The summed E-state index contributed by atoms with van der Waals surface area (Å²) in [4.78, 5) is 25.7. The van der Waals surface area contributed by atoms with Crippen LogP contribution in [0.2, 0.25) is 0 Å². The summed E-state index contributed by atoms with van der Waals surface area (Å²) >= 11 is 1.60. The third-order valence-electron chi connectivity index (χ3n) is 4.96. The number of primary amides is 1. The van der Waals surface area contributed by atoms with E-state index in [4.69, 9.17) is 5.73 Å². The predicted molar refractivity (Wildman–Crippen MR) is 102 cm³/mol. The van der Waals surface area contributed by atoms with Crippen molar-refractivity contribution in [3.05, 3.63) is 51.2 Å². The van der Waals surface area contributed by atoms with Crippen LogP contribution >= 0.6 is 11.3 Å². The maximum absolute atomic E-state index is 12.5. The minimum absolute atomic E-state index is 0.0986. The summed E-state index contributed by atoms with van der Waals surface area (Å²) in [5, 5.41) is 2.89. The number of carbonyl (C=O) groups is 2. The van der Waals surface area contributed by atoms with Crippen LogP contribution in [0.1, 0.15) is 57.7 Å². The second-order valence-corrected chi connectivity index (χ2v) is 8.90. The van der Waals surface area contributed by atoms with Gasteiger partial charge < -0.3 is 11.1 Å². The van der Waals surface area contributed by atoms with Gasteiger partial charge in [-0.1, -0.05) is 20.8 Å². The zero-order valence-corrected chi connectivity index (χ0v) is 15.7. The maximum Gasteiger partial charge on any atom is 0.265 e. The van der Waals surface area contributed by atoms with E-state index in [1.165, 1.54) is 16.9 Å². The minimum Gasteiger partial charge on any atom is -0.366 e. The van der Waals surface area contributed by atoms with Gasteiger partial charge in [0.2, 0.25) is 5.91 Å². The number of carbonyl (C=O) groups excluding carboxylic acids is 2. The number of hydrogen-bond donors (Lipinski definition) is 2. The molecule has 0 spiro atoms. The van der Waals surface area contributed by atoms with Crippen LogP contribution in [0.5, 0.6) is 0 Å². The van der Waals surface area contributed by atoms with Crippen LogP contribution in [-0.4, -0.2) is 11.8 Å². The molecule has 0 aliphatic heterocycles. The van der Waals surface area contributed by atoms with Gasteiger partial charge in [0.05, 0.1) is 4.88 Å². The van der Waals surface area contributed by atoms with Gasteiger partial charge in [-0.05, 0) is 66.5 Å². The Hall–Kier alpha value is -2.14. The molecule has 2 amide bonds. The lowest BCUT2D eigenvalue weighted by molar-refractivity contribution is 0.0998. The average molecular weight is 356 g/mol. The Bertz CT molecular complexity index is 800. The standard InChI is InChI=1S/C20H24N2O2S/c1-20(2,3)14-6-9-16-13(10-14)11-17(25-16)19(24)22-15-7-4-12(5-8-15)18(21)23/h4-5,7-8,11,14H,6,9-10H2,1-3H3,(H2,21,23)(H,22,24)/t14-/m0/s1. The molecule has 1 atom stereocenters. The highest BCUT2D eigenvalue weighted by Crippen LogP contribution is 2.40. The van der Waals surface area contributed by atoms with E-state index in [2.05, 4.69) is 26.1 Å². The molecule has 4 nitrogen and oxygen atoms in total. The molecule has 132 valence electrons. The molecule has 2 aromatic rings. The lowest BCUT2D eigenvalue weighted by Gasteiger charge is -2.33. The fraction of sp³-hybridized carbons (Fsp3) is 0.400. The van der Waals surface area contributed by atoms with Crippen LogP contribution < -0.4 is 11.1 Å². The number of fused-ring (bicyclic) bond motifs is 1. The largest absolute Gasteiger partial charge is 0.366 e. The average Bonchev–Trinajstić information content (AvgIpc) is 2.97. The van der Waals surface area contributed by atoms with Gasteiger partial charge in [-0.2, -0.15) is 0 Å². The topological polar surface area (TPSA) is 72.2 Å². The number of thiophene rings is 1. The van der Waals surface area contributed by atoms with E-state index < -0.39 is 5.91 Å². The number of nitrogens with one attached hydrogen (secondary N) is 1. The third kappa shape index (κ3) is 3.93. The van der Waals surface area contributed by atoms with Gasteiger partial charge in [0.15, 0.2) is 0 Å². The molecule has 3 rings (SSSR count). The summed E-state index contributed by atoms with van der Waals surface area (Å²) < 4.78 is 0. The molecule has 1 heterocycles. The van der Waals surface area contributed by atoms with Gasteiger partial charge in [-0.15, -0.1) is 11.3 Å². The van der Waals surface area contributed by atoms with Crippen LogP contribution in [0, 0.1) is 11.3 Å². The van der Waals surface area contributed by atoms with Gasteiger partial charge in [-0.3, -0.25) is 9.59 Å². The molecule has 1 aromatic heterocycles. The quantitative estimate of drug-likeness (QED) is 0.863. The highest BCUT2D eigenvalue weighted by Gasteiger charge is 2.30. The Labute approximate surface area is 152 Å². The Morgan fingerprint density at radius 3 is 2.48 bits per heavy atom. The number of benzene rings is 1. The van der Waals surface area contributed by atoms with Crippen molar-refractivity contribution in [3.8, 4) is 0 Å². The van der Waals surface area contributed by atoms with Gasteiger partial charge in [0.1, 0.15) is 0 Å². The number of nitrogens with two attached hydrogens (primary N) is 1. The van der Waals surface area contributed by atoms with Crippen molar-refractivity contribution >= 4 is 28.8 Å². The van der Waals surface area contributed by atoms with Crippen molar-refractivity contribution in [1.29, 1.82) is 0 Å². The molecule has 1 aliphatic carbocycles. The number of rotatable bonds is 3. The predicted octanol–water partition coefficient (Wildman–Crippen LogP) is 4.25. The molecule has 25 heavy (non-hydrogen) atoms. The zero-order chi connectivity index (χ0) is 18.2. The maximum atomic E-state index is 12.5. The van der Waals surface area contributed by atoms with Gasteiger partial charge in [0.25, 0.3) is 5.91 Å². The second-order valence-electron chi connectivity index (χ2n) is 7.76. The lowest BCUT2D eigenvalue weighted by atomic mass is 9.72. The first-order chi connectivity index (χ1) is 11.7. The first-order valence-corrected chi connectivity index (χ1v) is 9.38. The van der Waals surface area contributed by atoms with E-state index in [1.807, 2.05) is 6.07 Å². The van der Waals surface area contributed by atoms with E-state index in [-0.39, 0.29) is 5.91 Å². The van der Waals surface area contributed by atoms with Crippen molar-refractivity contribution in [3.63, 3.8) is 0 Å². The summed E-state index contributed by atoms with van der Waals surface area (Å²) in [5.74, 6) is 0.0857. The fourth-order valence-electron chi connectivity index (χ4n) is 3.29. The minimum atomic E-state index is -0.475. The Balaban J connectivity index is 1.72. The van der Waals surface area contributed by atoms with Gasteiger partial charge in [0, 0.05) is 16.1 Å². The number of hydrogen-bond acceptors (Lipinski definition) is 3. The summed E-state index contributed by atoms with van der Waals surface area (Å²) in [7, 11) is 0. The van der Waals surface area contributed by atoms with Crippen LogP contribution in [-0.2, 0) is 12.8 Å². The van der Waals surface area contributed by atoms with Crippen LogP contribution in [0.3, 0.4) is 0 Å². The molecule has 3 N–H and O–H groups in total. The Kier molecular flexibility index (Phi) is 4.69. The summed E-state index contributed by atoms with van der Waals surface area (Å²) in [6.07, 6.45) is 3.30. The highest BCUT2D eigenvalue weighted by molar-refractivity contribution is 7.14. The molecule has 0 radical (unpaired) electrons. The molecule has 0 unspecified atom stereocenters. The lowest BCUT2D eigenvalue weighted by Crippen LogP contribution is -2.26. The molecule has 0 bridgehead atoms. The zero-order valence-electron chi connectivity index (χ0n) is 14.9. The molecule has 1 aromatic carbocycles. The first-order valence-electron chi connectivity index (χ1n) is 8.57.